The van der Waals surface area contributed by atoms with Gasteiger partial charge in [-0.2, -0.15) is 0 Å². The Kier molecular flexibility index (Phi) is 8.47. The Bertz CT molecular complexity index is 824. The molecule has 0 aliphatic heterocycles. The lowest BCUT2D eigenvalue weighted by atomic mass is 10.0. The van der Waals surface area contributed by atoms with Crippen LogP contribution in [0.4, 0.5) is 5.69 Å². The fourth-order valence-electron chi connectivity index (χ4n) is 2.58. The van der Waals surface area contributed by atoms with Gasteiger partial charge in [0.1, 0.15) is 5.75 Å². The molecule has 150 valence electrons. The standard InChI is InChI=1S/C21H25BrN2O4/c1-14(2)17-12-15(22)8-9-19(17)28-13-20(25)24-18-7-5-4-6-16(18)21(26)23-10-11-27-3/h4-9,12,14H,10-11,13H2,1-3H3,(H,23,26)(H,24,25). The lowest BCUT2D eigenvalue weighted by Gasteiger charge is -2.15. The van der Waals surface area contributed by atoms with Crippen LogP contribution in [0, 0.1) is 0 Å². The molecule has 0 unspecified atom stereocenters. The number of anilines is 1. The fraction of sp³-hybridized carbons (Fsp3) is 0.333. The van der Waals surface area contributed by atoms with Gasteiger partial charge in [0.05, 0.1) is 17.9 Å². The highest BCUT2D eigenvalue weighted by Crippen LogP contribution is 2.29. The van der Waals surface area contributed by atoms with E-state index in [0.29, 0.717) is 30.2 Å². The van der Waals surface area contributed by atoms with Crippen molar-refractivity contribution in [1.29, 1.82) is 0 Å². The van der Waals surface area contributed by atoms with Gasteiger partial charge in [-0.15, -0.1) is 0 Å². The van der Waals surface area contributed by atoms with Crippen LogP contribution in [0.25, 0.3) is 0 Å². The molecule has 2 aromatic rings. The van der Waals surface area contributed by atoms with Crippen molar-refractivity contribution in [2.45, 2.75) is 19.8 Å². The van der Waals surface area contributed by atoms with Gasteiger partial charge in [-0.25, -0.2) is 0 Å². The molecule has 0 bridgehead atoms. The van der Waals surface area contributed by atoms with Gasteiger partial charge in [-0.1, -0.05) is 41.9 Å². The molecule has 0 radical (unpaired) electrons. The lowest BCUT2D eigenvalue weighted by Crippen LogP contribution is -2.29. The second kappa shape index (κ2) is 10.8. The number of para-hydroxylation sites is 1. The topological polar surface area (TPSA) is 76.7 Å². The third-order valence-corrected chi connectivity index (χ3v) is 4.48. The molecule has 2 rings (SSSR count). The number of amides is 2. The number of benzene rings is 2. The molecule has 0 aliphatic rings. The van der Waals surface area contributed by atoms with Gasteiger partial charge in [0.2, 0.25) is 0 Å². The molecule has 2 aromatic carbocycles. The third-order valence-electron chi connectivity index (χ3n) is 3.99. The number of halogens is 1. The summed E-state index contributed by atoms with van der Waals surface area (Å²) in [5.74, 6) is 0.310. The molecule has 2 amide bonds. The second-order valence-electron chi connectivity index (χ2n) is 6.47. The van der Waals surface area contributed by atoms with Gasteiger partial charge in [0.25, 0.3) is 11.8 Å². The second-order valence-corrected chi connectivity index (χ2v) is 7.38. The Labute approximate surface area is 173 Å². The maximum Gasteiger partial charge on any atom is 0.262 e. The van der Waals surface area contributed by atoms with E-state index in [0.717, 1.165) is 10.0 Å². The predicted octanol–water partition coefficient (Wildman–Crippen LogP) is 3.97. The average molecular weight is 449 g/mol. The van der Waals surface area contributed by atoms with E-state index >= 15 is 0 Å². The van der Waals surface area contributed by atoms with Crippen LogP contribution in [0.3, 0.4) is 0 Å². The molecular formula is C21H25BrN2O4. The number of carbonyl (C=O) groups is 2. The van der Waals surface area contributed by atoms with Crippen LogP contribution in [-0.4, -0.2) is 38.7 Å². The van der Waals surface area contributed by atoms with E-state index < -0.39 is 0 Å². The third kappa shape index (κ3) is 6.35. The molecule has 0 atom stereocenters. The summed E-state index contributed by atoms with van der Waals surface area (Å²) in [7, 11) is 1.57. The van der Waals surface area contributed by atoms with Crippen molar-refractivity contribution in [2.24, 2.45) is 0 Å². The van der Waals surface area contributed by atoms with E-state index in [4.69, 9.17) is 9.47 Å². The Balaban J connectivity index is 2.02. The highest BCUT2D eigenvalue weighted by molar-refractivity contribution is 9.10. The molecule has 7 heteroatoms. The van der Waals surface area contributed by atoms with Crippen LogP contribution in [0.15, 0.2) is 46.9 Å². The monoisotopic (exact) mass is 448 g/mol. The van der Waals surface area contributed by atoms with Crippen LogP contribution >= 0.6 is 15.9 Å². The zero-order chi connectivity index (χ0) is 20.5. The van der Waals surface area contributed by atoms with Gasteiger partial charge in [-0.05, 0) is 41.8 Å². The van der Waals surface area contributed by atoms with Gasteiger partial charge in [0.15, 0.2) is 6.61 Å². The quantitative estimate of drug-likeness (QED) is 0.569. The summed E-state index contributed by atoms with van der Waals surface area (Å²) in [5, 5.41) is 5.49. The highest BCUT2D eigenvalue weighted by atomic mass is 79.9. The summed E-state index contributed by atoms with van der Waals surface area (Å²) in [5.41, 5.74) is 1.84. The molecule has 0 fully saturated rings. The highest BCUT2D eigenvalue weighted by Gasteiger charge is 2.14. The first-order valence-corrected chi connectivity index (χ1v) is 9.80. The molecule has 2 N–H and O–H groups in total. The average Bonchev–Trinajstić information content (AvgIpc) is 2.67. The lowest BCUT2D eigenvalue weighted by molar-refractivity contribution is -0.118. The van der Waals surface area contributed by atoms with Crippen LogP contribution < -0.4 is 15.4 Å². The first-order valence-electron chi connectivity index (χ1n) is 9.00. The fourth-order valence-corrected chi connectivity index (χ4v) is 2.96. The van der Waals surface area contributed by atoms with E-state index in [2.05, 4.69) is 40.4 Å². The Morgan fingerprint density at radius 2 is 1.89 bits per heavy atom. The number of nitrogens with one attached hydrogen (secondary N) is 2. The summed E-state index contributed by atoms with van der Waals surface area (Å²) in [6.07, 6.45) is 0. The largest absolute Gasteiger partial charge is 0.483 e. The minimum Gasteiger partial charge on any atom is -0.483 e. The van der Waals surface area contributed by atoms with Gasteiger partial charge < -0.3 is 20.1 Å². The van der Waals surface area contributed by atoms with Crippen molar-refractivity contribution in [3.63, 3.8) is 0 Å². The van der Waals surface area contributed by atoms with Crippen LogP contribution in [0.1, 0.15) is 35.7 Å². The van der Waals surface area contributed by atoms with E-state index in [1.54, 1.807) is 31.4 Å². The normalized spacial score (nSPS) is 10.6. The SMILES string of the molecule is COCCNC(=O)c1ccccc1NC(=O)COc1ccc(Br)cc1C(C)C. The van der Waals surface area contributed by atoms with Crippen LogP contribution in [-0.2, 0) is 9.53 Å². The van der Waals surface area contributed by atoms with E-state index in [-0.39, 0.29) is 24.3 Å². The van der Waals surface area contributed by atoms with Crippen molar-refractivity contribution < 1.29 is 19.1 Å². The summed E-state index contributed by atoms with van der Waals surface area (Å²) >= 11 is 3.45. The molecule has 0 saturated heterocycles. The Morgan fingerprint density at radius 3 is 2.61 bits per heavy atom. The molecule has 6 nitrogen and oxygen atoms in total. The molecule has 0 aromatic heterocycles. The number of methoxy groups -OCH3 is 1. The first-order chi connectivity index (χ1) is 13.4. The van der Waals surface area contributed by atoms with Crippen molar-refractivity contribution >= 4 is 33.4 Å². The van der Waals surface area contributed by atoms with Crippen molar-refractivity contribution in [3.05, 3.63) is 58.1 Å². The number of hydrogen-bond acceptors (Lipinski definition) is 4. The smallest absolute Gasteiger partial charge is 0.262 e. The minimum atomic E-state index is -0.338. The van der Waals surface area contributed by atoms with Crippen LogP contribution in [0.2, 0.25) is 0 Å². The maximum atomic E-state index is 12.4. The summed E-state index contributed by atoms with van der Waals surface area (Å²) in [6, 6.07) is 12.5. The summed E-state index contributed by atoms with van der Waals surface area (Å²) in [6.45, 7) is 4.78. The maximum absolute atomic E-state index is 12.4. The van der Waals surface area contributed by atoms with E-state index in [9.17, 15) is 9.59 Å². The summed E-state index contributed by atoms with van der Waals surface area (Å²) in [4.78, 5) is 24.7. The van der Waals surface area contributed by atoms with Gasteiger partial charge in [-0.3, -0.25) is 9.59 Å². The first kappa shape index (κ1) is 21.9. The Hall–Kier alpha value is -2.38. The number of ether oxygens (including phenoxy) is 2. The number of hydrogen-bond donors (Lipinski definition) is 2. The van der Waals surface area contributed by atoms with Crippen LogP contribution in [0.5, 0.6) is 5.75 Å². The van der Waals surface area contributed by atoms with E-state index in [1.165, 1.54) is 0 Å². The van der Waals surface area contributed by atoms with Crippen molar-refractivity contribution in [3.8, 4) is 5.75 Å². The predicted molar refractivity (Wildman–Crippen MR) is 113 cm³/mol. The molecule has 28 heavy (non-hydrogen) atoms. The zero-order valence-electron chi connectivity index (χ0n) is 16.3. The van der Waals surface area contributed by atoms with Crippen molar-refractivity contribution in [2.75, 3.05) is 32.2 Å². The molecule has 0 spiro atoms. The minimum absolute atomic E-state index is 0.152. The Morgan fingerprint density at radius 1 is 1.14 bits per heavy atom. The zero-order valence-corrected chi connectivity index (χ0v) is 17.8. The van der Waals surface area contributed by atoms with E-state index in [1.807, 2.05) is 18.2 Å². The van der Waals surface area contributed by atoms with Gasteiger partial charge >= 0.3 is 0 Å². The van der Waals surface area contributed by atoms with Crippen molar-refractivity contribution in [1.82, 2.24) is 5.32 Å². The number of carbonyl (C=O) groups excluding carboxylic acids is 2. The van der Waals surface area contributed by atoms with Gasteiger partial charge in [0, 0.05) is 18.1 Å². The molecule has 0 saturated carbocycles. The molecular weight excluding hydrogens is 424 g/mol. The molecule has 0 aliphatic carbocycles. The number of rotatable bonds is 9. The molecule has 0 heterocycles. The summed E-state index contributed by atoms with van der Waals surface area (Å²) < 4.78 is 11.6.